The van der Waals surface area contributed by atoms with Crippen LogP contribution in [0.15, 0.2) is 59.3 Å². The summed E-state index contributed by atoms with van der Waals surface area (Å²) in [6, 6.07) is 13.3. The van der Waals surface area contributed by atoms with Gasteiger partial charge in [0.25, 0.3) is 0 Å². The molecular weight excluding hydrogens is 373 g/mol. The topological polar surface area (TPSA) is 29.9 Å². The molecule has 0 saturated heterocycles. The van der Waals surface area contributed by atoms with Gasteiger partial charge in [-0.2, -0.15) is 0 Å². The van der Waals surface area contributed by atoms with Gasteiger partial charge in [0.1, 0.15) is 0 Å². The summed E-state index contributed by atoms with van der Waals surface area (Å²) in [5, 5.41) is 4.28. The highest BCUT2D eigenvalue weighted by Crippen LogP contribution is 2.32. The van der Waals surface area contributed by atoms with E-state index in [-0.39, 0.29) is 0 Å². The molecule has 0 unspecified atom stereocenters. The van der Waals surface area contributed by atoms with Crippen LogP contribution in [0.2, 0.25) is 10.0 Å². The van der Waals surface area contributed by atoms with Crippen molar-refractivity contribution in [2.75, 3.05) is 5.32 Å². The monoisotopic (exact) mass is 381 g/mol. The first-order valence-corrected chi connectivity index (χ1v) is 7.70. The molecule has 0 radical (unpaired) electrons. The normalized spacial score (nSPS) is 10.6. The molecule has 1 N–H and O–H groups in total. The van der Waals surface area contributed by atoms with Crippen LogP contribution in [-0.4, -0.2) is 9.55 Å². The molecule has 1 heterocycles. The van der Waals surface area contributed by atoms with E-state index in [9.17, 15) is 0 Å². The van der Waals surface area contributed by atoms with Gasteiger partial charge in [0, 0.05) is 22.6 Å². The highest BCUT2D eigenvalue weighted by atomic mass is 79.9. The van der Waals surface area contributed by atoms with Gasteiger partial charge >= 0.3 is 0 Å². The summed E-state index contributed by atoms with van der Waals surface area (Å²) in [6.07, 6.45) is 3.59. The lowest BCUT2D eigenvalue weighted by Crippen LogP contribution is -2.02. The maximum absolute atomic E-state index is 6.18. The zero-order chi connectivity index (χ0) is 14.8. The number of hydrogen-bond donors (Lipinski definition) is 1. The van der Waals surface area contributed by atoms with Gasteiger partial charge in [-0.3, -0.25) is 4.57 Å². The second-order valence-corrected chi connectivity index (χ2v) is 6.05. The molecule has 0 fully saturated rings. The van der Waals surface area contributed by atoms with E-state index in [0.29, 0.717) is 21.7 Å². The molecule has 2 aromatic carbocycles. The van der Waals surface area contributed by atoms with E-state index in [1.807, 2.05) is 35.0 Å². The minimum Gasteiger partial charge on any atom is -0.323 e. The number of rotatable bonds is 3. The summed E-state index contributed by atoms with van der Waals surface area (Å²) in [4.78, 5) is 4.32. The van der Waals surface area contributed by atoms with Gasteiger partial charge in [-0.05, 0) is 36.4 Å². The Bertz CT molecular complexity index is 749. The Kier molecular flexibility index (Phi) is 4.19. The molecule has 3 rings (SSSR count). The first-order valence-electron chi connectivity index (χ1n) is 6.15. The third-order valence-electron chi connectivity index (χ3n) is 2.95. The maximum Gasteiger partial charge on any atom is 0.212 e. The number of halogens is 3. The predicted octanol–water partition coefficient (Wildman–Crippen LogP) is 5.69. The molecular formula is C15H10BrCl2N3. The first kappa shape index (κ1) is 14.4. The van der Waals surface area contributed by atoms with Gasteiger partial charge in [-0.15, -0.1) is 0 Å². The zero-order valence-electron chi connectivity index (χ0n) is 10.7. The average Bonchev–Trinajstić information content (AvgIpc) is 2.92. The minimum atomic E-state index is 0.549. The number of imidazole rings is 1. The molecule has 0 amide bonds. The van der Waals surface area contributed by atoms with Crippen LogP contribution in [0.1, 0.15) is 0 Å². The van der Waals surface area contributed by atoms with Crippen LogP contribution in [0.5, 0.6) is 0 Å². The summed E-state index contributed by atoms with van der Waals surface area (Å²) in [7, 11) is 0. The summed E-state index contributed by atoms with van der Waals surface area (Å²) in [6.45, 7) is 0. The van der Waals surface area contributed by atoms with Crippen molar-refractivity contribution in [2.24, 2.45) is 0 Å². The van der Waals surface area contributed by atoms with E-state index in [1.165, 1.54) is 0 Å². The number of nitrogens with one attached hydrogen (secondary N) is 1. The van der Waals surface area contributed by atoms with Crippen molar-refractivity contribution in [2.45, 2.75) is 0 Å². The summed E-state index contributed by atoms with van der Waals surface area (Å²) >= 11 is 15.8. The zero-order valence-corrected chi connectivity index (χ0v) is 13.8. The number of anilines is 2. The molecule has 0 aliphatic heterocycles. The van der Waals surface area contributed by atoms with Crippen LogP contribution in [-0.2, 0) is 0 Å². The van der Waals surface area contributed by atoms with Crippen LogP contribution in [0.4, 0.5) is 11.6 Å². The molecule has 0 aliphatic rings. The fourth-order valence-electron chi connectivity index (χ4n) is 1.93. The highest BCUT2D eigenvalue weighted by molar-refractivity contribution is 9.10. The molecule has 0 aliphatic carbocycles. The van der Waals surface area contributed by atoms with Crippen LogP contribution in [0.3, 0.4) is 0 Å². The van der Waals surface area contributed by atoms with E-state index in [1.54, 1.807) is 24.4 Å². The number of aromatic nitrogens is 2. The molecule has 0 spiro atoms. The van der Waals surface area contributed by atoms with E-state index in [0.717, 1.165) is 10.2 Å². The van der Waals surface area contributed by atoms with Crippen LogP contribution < -0.4 is 5.32 Å². The molecule has 106 valence electrons. The quantitative estimate of drug-likeness (QED) is 0.630. The Labute approximate surface area is 140 Å². The lowest BCUT2D eigenvalue weighted by Gasteiger charge is -2.12. The number of nitrogens with zero attached hydrogens (tertiary/aromatic N) is 2. The van der Waals surface area contributed by atoms with E-state index >= 15 is 0 Å². The molecule has 3 nitrogen and oxygen atoms in total. The third-order valence-corrected chi connectivity index (χ3v) is 4.10. The predicted molar refractivity (Wildman–Crippen MR) is 91.0 cm³/mol. The number of benzene rings is 2. The van der Waals surface area contributed by atoms with Gasteiger partial charge < -0.3 is 5.32 Å². The van der Waals surface area contributed by atoms with Crippen molar-refractivity contribution < 1.29 is 0 Å². The Hall–Kier alpha value is -1.49. The molecule has 1 aromatic heterocycles. The Morgan fingerprint density at radius 2 is 1.67 bits per heavy atom. The van der Waals surface area contributed by atoms with Crippen LogP contribution in [0, 0.1) is 0 Å². The second-order valence-electron chi connectivity index (χ2n) is 4.32. The summed E-state index contributed by atoms with van der Waals surface area (Å²) in [5.74, 6) is 0.646. The maximum atomic E-state index is 6.18. The third kappa shape index (κ3) is 3.07. The fourth-order valence-corrected chi connectivity index (χ4v) is 2.69. The first-order chi connectivity index (χ1) is 10.1. The lowest BCUT2D eigenvalue weighted by atomic mass is 10.3. The molecule has 3 aromatic rings. The van der Waals surface area contributed by atoms with Crippen molar-refractivity contribution in [1.29, 1.82) is 0 Å². The SMILES string of the molecule is Clc1cccc(Cl)c1Nc1nccn1-c1ccc(Br)cc1. The fraction of sp³-hybridized carbons (Fsp3) is 0. The average molecular weight is 383 g/mol. The van der Waals surface area contributed by atoms with Gasteiger partial charge in [0.2, 0.25) is 5.95 Å². The van der Waals surface area contributed by atoms with Crippen molar-refractivity contribution in [3.63, 3.8) is 0 Å². The minimum absolute atomic E-state index is 0.549. The molecule has 21 heavy (non-hydrogen) atoms. The highest BCUT2D eigenvalue weighted by Gasteiger charge is 2.10. The lowest BCUT2D eigenvalue weighted by molar-refractivity contribution is 1.06. The van der Waals surface area contributed by atoms with Gasteiger partial charge in [-0.25, -0.2) is 4.98 Å². The summed E-state index contributed by atoms with van der Waals surface area (Å²) < 4.78 is 2.95. The second kappa shape index (κ2) is 6.10. The van der Waals surface area contributed by atoms with Crippen molar-refractivity contribution in [3.8, 4) is 5.69 Å². The van der Waals surface area contributed by atoms with E-state index < -0.39 is 0 Å². The Balaban J connectivity index is 1.98. The molecule has 0 bridgehead atoms. The van der Waals surface area contributed by atoms with Gasteiger partial charge in [-0.1, -0.05) is 45.2 Å². The Morgan fingerprint density at radius 1 is 1.00 bits per heavy atom. The van der Waals surface area contributed by atoms with Gasteiger partial charge in [0.15, 0.2) is 0 Å². The van der Waals surface area contributed by atoms with Gasteiger partial charge in [0.05, 0.1) is 15.7 Å². The number of hydrogen-bond acceptors (Lipinski definition) is 2. The molecule has 6 heteroatoms. The molecule has 0 atom stereocenters. The number of para-hydroxylation sites is 1. The van der Waals surface area contributed by atoms with E-state index in [2.05, 4.69) is 26.2 Å². The standard InChI is InChI=1S/C15H10BrCl2N3/c16-10-4-6-11(7-5-10)21-9-8-19-15(21)20-14-12(17)2-1-3-13(14)18/h1-9H,(H,19,20). The van der Waals surface area contributed by atoms with E-state index in [4.69, 9.17) is 23.2 Å². The van der Waals surface area contributed by atoms with Crippen molar-refractivity contribution in [1.82, 2.24) is 9.55 Å². The summed E-state index contributed by atoms with van der Waals surface area (Å²) in [5.41, 5.74) is 1.63. The smallest absolute Gasteiger partial charge is 0.212 e. The largest absolute Gasteiger partial charge is 0.323 e. The molecule has 0 saturated carbocycles. The van der Waals surface area contributed by atoms with Crippen molar-refractivity contribution >= 4 is 50.8 Å². The van der Waals surface area contributed by atoms with Crippen molar-refractivity contribution in [3.05, 3.63) is 69.4 Å². The van der Waals surface area contributed by atoms with Crippen LogP contribution >= 0.6 is 39.1 Å². The van der Waals surface area contributed by atoms with Crippen LogP contribution in [0.25, 0.3) is 5.69 Å². The Morgan fingerprint density at radius 3 is 2.33 bits per heavy atom.